The number of hydroxylamine groups is 12. The third kappa shape index (κ3) is 35.3. The zero-order chi connectivity index (χ0) is 52.2. The number of hydrogen-bond acceptors (Lipinski definition) is 24. The Morgan fingerprint density at radius 1 is 0.239 bits per heavy atom. The summed E-state index contributed by atoms with van der Waals surface area (Å²) in [5.41, 5.74) is 0. The zero-order valence-corrected chi connectivity index (χ0v) is 41.0. The van der Waals surface area contributed by atoms with Crippen molar-refractivity contribution in [2.24, 2.45) is 0 Å². The fourth-order valence-corrected chi connectivity index (χ4v) is 7.01. The highest BCUT2D eigenvalue weighted by Gasteiger charge is 2.19. The third-order valence-corrected chi connectivity index (χ3v) is 10.4. The standard InChI is InChI=1S/5C8H12N2O2.C7H10N2O2/c5*9-5-4-8(11)12-10-6-2-1-3-7-10;8-4-3-7(10)11-9-5-1-2-6-9/h5*1-4,6-7H2;1-3,5-6H2. The number of hydrogen-bond donors (Lipinski definition) is 0. The molecule has 0 aromatic heterocycles. The van der Waals surface area contributed by atoms with E-state index in [2.05, 4.69) is 0 Å². The molecule has 0 aliphatic carbocycles. The highest BCUT2D eigenvalue weighted by molar-refractivity contribution is 5.73. The number of carbonyl (C=O) groups excluding carboxylic acids is 6. The Kier molecular flexibility index (Phi) is 37.3. The second-order valence-corrected chi connectivity index (χ2v) is 16.4. The van der Waals surface area contributed by atoms with E-state index in [1.165, 1.54) is 32.1 Å². The van der Waals surface area contributed by atoms with E-state index < -0.39 is 35.8 Å². The molecule has 0 spiro atoms. The highest BCUT2D eigenvalue weighted by Crippen LogP contribution is 2.13. The van der Waals surface area contributed by atoms with Crippen molar-refractivity contribution < 1.29 is 57.8 Å². The molecule has 24 nitrogen and oxygen atoms in total. The smallest absolute Gasteiger partial charge is 0.339 e. The van der Waals surface area contributed by atoms with Crippen LogP contribution < -0.4 is 0 Å². The van der Waals surface area contributed by atoms with Crippen LogP contribution in [0.3, 0.4) is 0 Å². The normalized spacial score (nSPS) is 18.2. The number of rotatable bonds is 12. The van der Waals surface area contributed by atoms with Gasteiger partial charge in [0, 0.05) is 78.5 Å². The van der Waals surface area contributed by atoms with Gasteiger partial charge < -0.3 is 29.0 Å². The molecule has 0 bridgehead atoms. The van der Waals surface area contributed by atoms with Gasteiger partial charge in [0.25, 0.3) is 0 Å². The van der Waals surface area contributed by atoms with Crippen LogP contribution in [0.25, 0.3) is 0 Å². The van der Waals surface area contributed by atoms with Gasteiger partial charge in [0.15, 0.2) is 0 Å². The molecule has 24 heteroatoms. The van der Waals surface area contributed by atoms with Gasteiger partial charge in [-0.2, -0.15) is 31.6 Å². The van der Waals surface area contributed by atoms with Gasteiger partial charge in [-0.3, -0.25) is 0 Å². The SMILES string of the molecule is N#CCC(=O)ON1CCCC1.N#CCC(=O)ON1CCCCC1.N#CCC(=O)ON1CCCCC1.N#CCC(=O)ON1CCCCC1.N#CCC(=O)ON1CCCCC1.N#CCC(=O)ON1CCCCC1. The van der Waals surface area contributed by atoms with Gasteiger partial charge in [0.2, 0.25) is 0 Å². The van der Waals surface area contributed by atoms with E-state index >= 15 is 0 Å². The monoisotopic (exact) mass is 995 g/mol. The molecule has 71 heavy (non-hydrogen) atoms. The average molecular weight is 995 g/mol. The number of piperidine rings is 5. The van der Waals surface area contributed by atoms with Crippen molar-refractivity contribution in [2.75, 3.05) is 78.5 Å². The lowest BCUT2D eigenvalue weighted by Gasteiger charge is -2.24. The maximum atomic E-state index is 10.8. The Morgan fingerprint density at radius 3 is 0.465 bits per heavy atom. The molecule has 0 radical (unpaired) electrons. The highest BCUT2D eigenvalue weighted by atomic mass is 16.7. The van der Waals surface area contributed by atoms with Crippen LogP contribution in [0.4, 0.5) is 0 Å². The van der Waals surface area contributed by atoms with E-state index in [1.54, 1.807) is 66.8 Å². The molecule has 0 N–H and O–H groups in total. The second-order valence-electron chi connectivity index (χ2n) is 16.4. The van der Waals surface area contributed by atoms with Crippen molar-refractivity contribution in [2.45, 2.75) is 148 Å². The minimum atomic E-state index is -0.450. The summed E-state index contributed by atoms with van der Waals surface area (Å²) in [7, 11) is 0. The fraction of sp³-hybridized carbons (Fsp3) is 0.745. The maximum absolute atomic E-state index is 10.8. The third-order valence-electron chi connectivity index (χ3n) is 10.4. The first kappa shape index (κ1) is 62.5. The van der Waals surface area contributed by atoms with Gasteiger partial charge in [-0.25, -0.2) is 28.8 Å². The van der Waals surface area contributed by atoms with E-state index in [0.717, 1.165) is 156 Å². The summed E-state index contributed by atoms with van der Waals surface area (Å²) < 4.78 is 0. The molecule has 0 saturated carbocycles. The van der Waals surface area contributed by atoms with Crippen molar-refractivity contribution in [3.05, 3.63) is 0 Å². The van der Waals surface area contributed by atoms with Gasteiger partial charge in [0.1, 0.15) is 38.5 Å². The second kappa shape index (κ2) is 42.4. The molecular weight excluding hydrogens is 925 g/mol. The molecule has 0 aromatic carbocycles. The summed E-state index contributed by atoms with van der Waals surface area (Å²) in [5.74, 6) is -2.67. The first-order valence-corrected chi connectivity index (χ1v) is 24.4. The molecule has 0 atom stereocenters. The predicted octanol–water partition coefficient (Wildman–Crippen LogP) is 4.67. The van der Waals surface area contributed by atoms with Crippen molar-refractivity contribution in [3.8, 4) is 36.4 Å². The summed E-state index contributed by atoms with van der Waals surface area (Å²) in [6.45, 7) is 9.63. The average Bonchev–Trinajstić information content (AvgIpc) is 3.88. The number of nitrogens with zero attached hydrogens (tertiary/aromatic N) is 12. The molecule has 6 fully saturated rings. The van der Waals surface area contributed by atoms with Crippen LogP contribution in [0.2, 0.25) is 0 Å². The van der Waals surface area contributed by atoms with E-state index in [1.807, 2.05) is 0 Å². The van der Waals surface area contributed by atoms with Gasteiger partial charge in [-0.05, 0) is 77.0 Å². The van der Waals surface area contributed by atoms with Crippen molar-refractivity contribution >= 4 is 35.8 Å². The Hall–Kier alpha value is -6.48. The molecule has 6 rings (SSSR count). The van der Waals surface area contributed by atoms with Crippen LogP contribution in [0.1, 0.15) is 148 Å². The van der Waals surface area contributed by atoms with E-state index in [9.17, 15) is 28.8 Å². The lowest BCUT2D eigenvalue weighted by molar-refractivity contribution is -0.193. The lowest BCUT2D eigenvalue weighted by atomic mass is 10.2. The van der Waals surface area contributed by atoms with Gasteiger partial charge in [0.05, 0.1) is 36.4 Å². The van der Waals surface area contributed by atoms with Crippen molar-refractivity contribution in [3.63, 3.8) is 0 Å². The van der Waals surface area contributed by atoms with Gasteiger partial charge in [-0.15, -0.1) is 30.4 Å². The quantitative estimate of drug-likeness (QED) is 0.256. The minimum Gasteiger partial charge on any atom is -0.367 e. The number of carbonyl (C=O) groups is 6. The molecular formula is C47H70N12O12. The van der Waals surface area contributed by atoms with Crippen LogP contribution in [-0.2, 0) is 57.8 Å². The Morgan fingerprint density at radius 2 is 0.352 bits per heavy atom. The molecule has 390 valence electrons. The van der Waals surface area contributed by atoms with E-state index in [0.29, 0.717) is 0 Å². The van der Waals surface area contributed by atoms with Gasteiger partial charge in [-0.1, -0.05) is 32.1 Å². The van der Waals surface area contributed by atoms with Crippen molar-refractivity contribution in [1.82, 2.24) is 30.4 Å². The maximum Gasteiger partial charge on any atom is 0.339 e. The summed E-state index contributed by atoms with van der Waals surface area (Å²) in [6.07, 6.45) is 17.9. The molecule has 6 aliphatic rings. The lowest BCUT2D eigenvalue weighted by Crippen LogP contribution is -2.32. The Bertz CT molecular complexity index is 1560. The summed E-state index contributed by atoms with van der Waals surface area (Å²) in [5, 5.41) is 58.9. The largest absolute Gasteiger partial charge is 0.367 e. The van der Waals surface area contributed by atoms with E-state index in [-0.39, 0.29) is 38.5 Å². The van der Waals surface area contributed by atoms with E-state index in [4.69, 9.17) is 60.6 Å². The van der Waals surface area contributed by atoms with Crippen LogP contribution >= 0.6 is 0 Å². The topological polar surface area (TPSA) is 320 Å². The first-order chi connectivity index (χ1) is 34.5. The van der Waals surface area contributed by atoms with Crippen LogP contribution in [0, 0.1) is 68.0 Å². The fourth-order valence-electron chi connectivity index (χ4n) is 7.01. The molecule has 0 aromatic rings. The molecule has 0 unspecified atom stereocenters. The number of nitriles is 6. The Labute approximate surface area is 417 Å². The minimum absolute atomic E-state index is 0.156. The van der Waals surface area contributed by atoms with Crippen LogP contribution in [0.15, 0.2) is 0 Å². The zero-order valence-electron chi connectivity index (χ0n) is 41.0. The summed E-state index contributed by atoms with van der Waals surface area (Å²) in [4.78, 5) is 94.2. The predicted molar refractivity (Wildman–Crippen MR) is 246 cm³/mol. The first-order valence-electron chi connectivity index (χ1n) is 24.4. The molecule has 0 amide bonds. The molecule has 6 heterocycles. The molecule has 6 saturated heterocycles. The summed E-state index contributed by atoms with van der Waals surface area (Å²) >= 11 is 0. The van der Waals surface area contributed by atoms with Gasteiger partial charge >= 0.3 is 35.8 Å². The van der Waals surface area contributed by atoms with Crippen LogP contribution in [-0.4, -0.2) is 145 Å². The van der Waals surface area contributed by atoms with Crippen molar-refractivity contribution in [1.29, 1.82) is 31.6 Å². The molecule has 6 aliphatic heterocycles. The Balaban J connectivity index is 0.000000426. The summed E-state index contributed by atoms with van der Waals surface area (Å²) in [6, 6.07) is 10.5. The van der Waals surface area contributed by atoms with Crippen LogP contribution in [0.5, 0.6) is 0 Å².